The van der Waals surface area contributed by atoms with E-state index in [1.54, 1.807) is 27.9 Å². The first kappa shape index (κ1) is 28.4. The number of methoxy groups -OCH3 is 1. The highest BCUT2D eigenvalue weighted by Crippen LogP contribution is 2.29. The molecule has 8 nitrogen and oxygen atoms in total. The molecular weight excluding hydrogens is 484 g/mol. The second-order valence-electron chi connectivity index (χ2n) is 9.65. The molecule has 1 N–H and O–H groups in total. The summed E-state index contributed by atoms with van der Waals surface area (Å²) in [5.41, 5.74) is 2.14. The van der Waals surface area contributed by atoms with E-state index in [4.69, 9.17) is 18.9 Å². The second-order valence-corrected chi connectivity index (χ2v) is 9.65. The van der Waals surface area contributed by atoms with Crippen molar-refractivity contribution in [1.82, 2.24) is 10.2 Å². The standard InChI is InChI=1S/C30H36N2O6/c1-30(2,3)38-28(33)31-17-18-32(29(34)37-22-24-13-9-6-10-14-24)20-25-15-16-26(27(19-25)35-4)36-21-23-11-7-5-8-12-23/h5-16,19H,17-18,20-22H2,1-4H3,(H,31,33). The van der Waals surface area contributed by atoms with Gasteiger partial charge in [0.25, 0.3) is 0 Å². The fraction of sp³-hybridized carbons (Fsp3) is 0.333. The Bertz CT molecular complexity index is 1160. The SMILES string of the molecule is COc1cc(CN(CCNC(=O)OC(C)(C)C)C(=O)OCc2ccccc2)ccc1OCc1ccccc1. The average Bonchev–Trinajstić information content (AvgIpc) is 2.90. The molecule has 38 heavy (non-hydrogen) atoms. The van der Waals surface area contributed by atoms with Gasteiger partial charge in [-0.1, -0.05) is 66.7 Å². The Labute approximate surface area is 224 Å². The molecule has 0 saturated heterocycles. The minimum absolute atomic E-state index is 0.144. The third-order valence-electron chi connectivity index (χ3n) is 5.35. The molecule has 0 bridgehead atoms. The summed E-state index contributed by atoms with van der Waals surface area (Å²) < 4.78 is 22.3. The maximum Gasteiger partial charge on any atom is 0.410 e. The molecule has 0 unspecified atom stereocenters. The highest BCUT2D eigenvalue weighted by molar-refractivity contribution is 5.69. The maximum absolute atomic E-state index is 13.0. The Hall–Kier alpha value is -4.20. The summed E-state index contributed by atoms with van der Waals surface area (Å²) in [6.45, 7) is 6.60. The highest BCUT2D eigenvalue weighted by atomic mass is 16.6. The van der Waals surface area contributed by atoms with Crippen molar-refractivity contribution in [3.05, 3.63) is 95.6 Å². The summed E-state index contributed by atoms with van der Waals surface area (Å²) >= 11 is 0. The van der Waals surface area contributed by atoms with E-state index in [0.29, 0.717) is 18.1 Å². The van der Waals surface area contributed by atoms with Crippen molar-refractivity contribution >= 4 is 12.2 Å². The predicted molar refractivity (Wildman–Crippen MR) is 145 cm³/mol. The number of ether oxygens (including phenoxy) is 4. The number of nitrogens with zero attached hydrogens (tertiary/aromatic N) is 1. The first-order valence-electron chi connectivity index (χ1n) is 12.5. The first-order valence-corrected chi connectivity index (χ1v) is 12.5. The van der Waals surface area contributed by atoms with Gasteiger partial charge in [-0.15, -0.1) is 0 Å². The van der Waals surface area contributed by atoms with Crippen molar-refractivity contribution in [2.75, 3.05) is 20.2 Å². The first-order chi connectivity index (χ1) is 18.2. The third-order valence-corrected chi connectivity index (χ3v) is 5.35. The monoisotopic (exact) mass is 520 g/mol. The van der Waals surface area contributed by atoms with Gasteiger partial charge in [-0.2, -0.15) is 0 Å². The molecule has 0 aliphatic rings. The topological polar surface area (TPSA) is 86.3 Å². The minimum atomic E-state index is -0.612. The average molecular weight is 521 g/mol. The molecule has 0 aliphatic heterocycles. The molecule has 0 radical (unpaired) electrons. The van der Waals surface area contributed by atoms with Crippen LogP contribution in [0.1, 0.15) is 37.5 Å². The van der Waals surface area contributed by atoms with Crippen molar-refractivity contribution in [2.45, 2.75) is 46.1 Å². The third kappa shape index (κ3) is 9.69. The summed E-state index contributed by atoms with van der Waals surface area (Å²) in [6.07, 6.45) is -1.04. The van der Waals surface area contributed by atoms with Gasteiger partial charge >= 0.3 is 12.2 Å². The molecule has 202 valence electrons. The van der Waals surface area contributed by atoms with E-state index < -0.39 is 17.8 Å². The van der Waals surface area contributed by atoms with Gasteiger partial charge in [0.05, 0.1) is 7.11 Å². The number of carbonyl (C=O) groups excluding carboxylic acids is 2. The van der Waals surface area contributed by atoms with Crippen LogP contribution in [0.25, 0.3) is 0 Å². The van der Waals surface area contributed by atoms with E-state index in [1.165, 1.54) is 4.90 Å². The number of nitrogens with one attached hydrogen (secondary N) is 1. The number of hydrogen-bond acceptors (Lipinski definition) is 6. The fourth-order valence-electron chi connectivity index (χ4n) is 3.54. The van der Waals surface area contributed by atoms with E-state index >= 15 is 0 Å². The zero-order valence-electron chi connectivity index (χ0n) is 22.4. The van der Waals surface area contributed by atoms with Crippen molar-refractivity contribution in [3.63, 3.8) is 0 Å². The zero-order valence-corrected chi connectivity index (χ0v) is 22.4. The quantitative estimate of drug-likeness (QED) is 0.337. The van der Waals surface area contributed by atoms with Crippen molar-refractivity contribution in [2.24, 2.45) is 0 Å². The number of amides is 2. The zero-order chi connectivity index (χ0) is 27.4. The van der Waals surface area contributed by atoms with Crippen LogP contribution in [0.2, 0.25) is 0 Å². The highest BCUT2D eigenvalue weighted by Gasteiger charge is 2.19. The molecule has 0 atom stereocenters. The number of carbonyl (C=O) groups is 2. The van der Waals surface area contributed by atoms with Gasteiger partial charge in [0.15, 0.2) is 11.5 Å². The summed E-state index contributed by atoms with van der Waals surface area (Å²) in [4.78, 5) is 26.6. The Kier molecular flexibility index (Phi) is 10.4. The van der Waals surface area contributed by atoms with Gasteiger partial charge in [-0.25, -0.2) is 9.59 Å². The Balaban J connectivity index is 1.66. The van der Waals surface area contributed by atoms with E-state index in [-0.39, 0.29) is 26.2 Å². The van der Waals surface area contributed by atoms with Gasteiger partial charge in [0.1, 0.15) is 18.8 Å². The van der Waals surface area contributed by atoms with E-state index in [0.717, 1.165) is 16.7 Å². The molecule has 3 rings (SSSR count). The van der Waals surface area contributed by atoms with Crippen LogP contribution in [-0.2, 0) is 29.2 Å². The summed E-state index contributed by atoms with van der Waals surface area (Å²) in [6, 6.07) is 24.9. The smallest absolute Gasteiger partial charge is 0.410 e. The summed E-state index contributed by atoms with van der Waals surface area (Å²) in [5.74, 6) is 1.16. The van der Waals surface area contributed by atoms with Gasteiger partial charge in [0.2, 0.25) is 0 Å². The van der Waals surface area contributed by atoms with E-state index in [1.807, 2.05) is 78.9 Å². The van der Waals surface area contributed by atoms with Crippen LogP contribution in [0.15, 0.2) is 78.9 Å². The van der Waals surface area contributed by atoms with Crippen molar-refractivity contribution in [3.8, 4) is 11.5 Å². The van der Waals surface area contributed by atoms with E-state index in [2.05, 4.69) is 5.32 Å². The lowest BCUT2D eigenvalue weighted by molar-refractivity contribution is 0.0513. The van der Waals surface area contributed by atoms with E-state index in [9.17, 15) is 9.59 Å². The second kappa shape index (κ2) is 13.9. The van der Waals surface area contributed by atoms with Crippen LogP contribution >= 0.6 is 0 Å². The normalized spacial score (nSPS) is 10.8. The van der Waals surface area contributed by atoms with Gasteiger partial charge in [0, 0.05) is 19.6 Å². The Morgan fingerprint density at radius 3 is 2.05 bits per heavy atom. The number of benzene rings is 3. The predicted octanol–water partition coefficient (Wildman–Crippen LogP) is 5.94. The Morgan fingerprint density at radius 2 is 1.45 bits per heavy atom. The molecule has 0 saturated carbocycles. The minimum Gasteiger partial charge on any atom is -0.493 e. The number of hydrogen-bond donors (Lipinski definition) is 1. The number of rotatable bonds is 11. The Morgan fingerprint density at radius 1 is 0.816 bits per heavy atom. The molecule has 0 aromatic heterocycles. The lowest BCUT2D eigenvalue weighted by atomic mass is 10.2. The van der Waals surface area contributed by atoms with Gasteiger partial charge in [-0.05, 0) is 49.6 Å². The van der Waals surface area contributed by atoms with Crippen LogP contribution < -0.4 is 14.8 Å². The molecule has 0 aliphatic carbocycles. The van der Waals surface area contributed by atoms with Crippen molar-refractivity contribution in [1.29, 1.82) is 0 Å². The van der Waals surface area contributed by atoms with Gasteiger partial charge in [-0.3, -0.25) is 0 Å². The maximum atomic E-state index is 13.0. The fourth-order valence-corrected chi connectivity index (χ4v) is 3.54. The van der Waals surface area contributed by atoms with Crippen molar-refractivity contribution < 1.29 is 28.5 Å². The summed E-state index contributed by atoms with van der Waals surface area (Å²) in [5, 5.41) is 2.69. The lowest BCUT2D eigenvalue weighted by Crippen LogP contribution is -2.40. The lowest BCUT2D eigenvalue weighted by Gasteiger charge is -2.24. The molecule has 0 heterocycles. The van der Waals surface area contributed by atoms with Gasteiger partial charge < -0.3 is 29.2 Å². The molecule has 0 spiro atoms. The molecule has 3 aromatic carbocycles. The van der Waals surface area contributed by atoms with Crippen LogP contribution in [-0.4, -0.2) is 42.9 Å². The van der Waals surface area contributed by atoms with Crippen LogP contribution in [0.4, 0.5) is 9.59 Å². The largest absolute Gasteiger partial charge is 0.493 e. The van der Waals surface area contributed by atoms with Crippen LogP contribution in [0, 0.1) is 0 Å². The summed E-state index contributed by atoms with van der Waals surface area (Å²) in [7, 11) is 1.57. The molecule has 0 fully saturated rings. The molecular formula is C30H36N2O6. The van der Waals surface area contributed by atoms with Crippen LogP contribution in [0.3, 0.4) is 0 Å². The molecule has 8 heteroatoms. The number of alkyl carbamates (subject to hydrolysis) is 1. The molecule has 2 amide bonds. The van der Waals surface area contributed by atoms with Crippen LogP contribution in [0.5, 0.6) is 11.5 Å². The molecule has 3 aromatic rings.